The lowest BCUT2D eigenvalue weighted by molar-refractivity contribution is 0.0973. The Morgan fingerprint density at radius 2 is 1.80 bits per heavy atom. The Morgan fingerprint density at radius 1 is 1.20 bits per heavy atom. The van der Waals surface area contributed by atoms with Gasteiger partial charge in [0.25, 0.3) is 0 Å². The maximum absolute atomic E-state index is 12.8. The van der Waals surface area contributed by atoms with Crippen molar-refractivity contribution < 1.29 is 9.18 Å². The van der Waals surface area contributed by atoms with Gasteiger partial charge < -0.3 is 4.90 Å². The first-order chi connectivity index (χ1) is 9.40. The minimum absolute atomic E-state index is 0.0925. The molecule has 1 aromatic rings. The zero-order chi connectivity index (χ0) is 15.1. The number of carbonyl (C=O) groups excluding carboxylic acids is 1. The van der Waals surface area contributed by atoms with Crippen molar-refractivity contribution in [2.24, 2.45) is 5.92 Å². The van der Waals surface area contributed by atoms with Gasteiger partial charge in [-0.05, 0) is 63.5 Å². The number of rotatable bonds is 8. The number of halogens is 1. The maximum atomic E-state index is 12.8. The topological polar surface area (TPSA) is 20.3 Å². The average molecular weight is 279 g/mol. The van der Waals surface area contributed by atoms with Crippen LogP contribution in [0.1, 0.15) is 50.4 Å². The third kappa shape index (κ3) is 5.83. The number of hydrogen-bond donors (Lipinski definition) is 0. The van der Waals surface area contributed by atoms with Gasteiger partial charge in [-0.25, -0.2) is 4.39 Å². The van der Waals surface area contributed by atoms with E-state index in [0.717, 1.165) is 13.0 Å². The van der Waals surface area contributed by atoms with Crippen molar-refractivity contribution in [3.05, 3.63) is 35.6 Å². The fraction of sp³-hybridized carbons (Fsp3) is 0.588. The predicted molar refractivity (Wildman–Crippen MR) is 81.5 cm³/mol. The number of ketones is 1. The molecule has 0 amide bonds. The summed E-state index contributed by atoms with van der Waals surface area (Å²) in [6, 6.07) is 6.33. The van der Waals surface area contributed by atoms with Crippen LogP contribution < -0.4 is 0 Å². The normalized spacial score (nSPS) is 12.9. The highest BCUT2D eigenvalue weighted by Crippen LogP contribution is 2.12. The second-order valence-corrected chi connectivity index (χ2v) is 5.99. The largest absolute Gasteiger partial charge is 0.304 e. The third-order valence-electron chi connectivity index (χ3n) is 3.65. The van der Waals surface area contributed by atoms with Gasteiger partial charge in [0.2, 0.25) is 0 Å². The molecule has 3 heteroatoms. The first kappa shape index (κ1) is 16.8. The zero-order valence-corrected chi connectivity index (χ0v) is 13.0. The van der Waals surface area contributed by atoms with Crippen LogP contribution >= 0.6 is 0 Å². The number of Topliss-reactive ketones (excluding diaryl/α,β-unsaturated/α-hetero) is 1. The van der Waals surface area contributed by atoms with Gasteiger partial charge in [0.05, 0.1) is 0 Å². The van der Waals surface area contributed by atoms with Gasteiger partial charge in [-0.3, -0.25) is 4.79 Å². The van der Waals surface area contributed by atoms with Crippen LogP contribution in [0, 0.1) is 11.7 Å². The molecule has 0 radical (unpaired) electrons. The second-order valence-electron chi connectivity index (χ2n) is 5.99. The molecule has 1 unspecified atom stereocenters. The molecule has 1 aromatic carbocycles. The zero-order valence-electron chi connectivity index (χ0n) is 13.0. The molecule has 0 saturated heterocycles. The molecule has 0 aromatic heterocycles. The highest BCUT2D eigenvalue weighted by molar-refractivity contribution is 5.95. The van der Waals surface area contributed by atoms with Crippen molar-refractivity contribution in [1.82, 2.24) is 4.90 Å². The molecule has 112 valence electrons. The summed E-state index contributed by atoms with van der Waals surface area (Å²) in [4.78, 5) is 14.2. The number of benzene rings is 1. The van der Waals surface area contributed by atoms with Crippen LogP contribution in [0.15, 0.2) is 24.3 Å². The minimum atomic E-state index is -0.302. The van der Waals surface area contributed by atoms with E-state index >= 15 is 0 Å². The first-order valence-corrected chi connectivity index (χ1v) is 7.39. The molecule has 1 atom stereocenters. The summed E-state index contributed by atoms with van der Waals surface area (Å²) in [5.41, 5.74) is 0.601. The SMILES string of the molecule is CC(C)CC(C)N(C)CCCC(=O)c1ccc(F)cc1. The lowest BCUT2D eigenvalue weighted by Gasteiger charge is -2.25. The van der Waals surface area contributed by atoms with E-state index in [-0.39, 0.29) is 11.6 Å². The van der Waals surface area contributed by atoms with Gasteiger partial charge in [0.1, 0.15) is 5.82 Å². The highest BCUT2D eigenvalue weighted by Gasteiger charge is 2.12. The summed E-state index contributed by atoms with van der Waals surface area (Å²) in [6.45, 7) is 7.59. The van der Waals surface area contributed by atoms with E-state index in [0.29, 0.717) is 23.9 Å². The van der Waals surface area contributed by atoms with Crippen LogP contribution in [0.5, 0.6) is 0 Å². The standard InChI is InChI=1S/C17H26FNO/c1-13(2)12-14(3)19(4)11-5-6-17(20)15-7-9-16(18)10-8-15/h7-10,13-14H,5-6,11-12H2,1-4H3. The van der Waals surface area contributed by atoms with Crippen LogP contribution in [0.4, 0.5) is 4.39 Å². The Labute approximate surface area is 122 Å². The summed E-state index contributed by atoms with van der Waals surface area (Å²) in [5, 5.41) is 0. The number of nitrogens with zero attached hydrogens (tertiary/aromatic N) is 1. The Morgan fingerprint density at radius 3 is 2.35 bits per heavy atom. The van der Waals surface area contributed by atoms with Crippen LogP contribution in [0.2, 0.25) is 0 Å². The summed E-state index contributed by atoms with van der Waals surface area (Å²) in [7, 11) is 2.11. The summed E-state index contributed by atoms with van der Waals surface area (Å²) in [5.74, 6) is 0.479. The lowest BCUT2D eigenvalue weighted by Crippen LogP contribution is -2.31. The molecule has 1 rings (SSSR count). The van der Waals surface area contributed by atoms with Crippen molar-refractivity contribution in [1.29, 1.82) is 0 Å². The van der Waals surface area contributed by atoms with Crippen molar-refractivity contribution in [2.75, 3.05) is 13.6 Å². The maximum Gasteiger partial charge on any atom is 0.162 e. The van der Waals surface area contributed by atoms with Crippen LogP contribution in [-0.4, -0.2) is 30.3 Å². The van der Waals surface area contributed by atoms with Crippen LogP contribution in [-0.2, 0) is 0 Å². The van der Waals surface area contributed by atoms with Crippen molar-refractivity contribution >= 4 is 5.78 Å². The van der Waals surface area contributed by atoms with Crippen LogP contribution in [0.3, 0.4) is 0 Å². The highest BCUT2D eigenvalue weighted by atomic mass is 19.1. The van der Waals surface area contributed by atoms with Crippen LogP contribution in [0.25, 0.3) is 0 Å². The van der Waals surface area contributed by atoms with Gasteiger partial charge in [-0.2, -0.15) is 0 Å². The Bertz CT molecular complexity index is 414. The average Bonchev–Trinajstić information content (AvgIpc) is 2.38. The lowest BCUT2D eigenvalue weighted by atomic mass is 10.0. The van der Waals surface area contributed by atoms with E-state index in [1.165, 1.54) is 18.6 Å². The van der Waals surface area contributed by atoms with E-state index in [1.807, 2.05) is 0 Å². The fourth-order valence-corrected chi connectivity index (χ4v) is 2.35. The molecule has 0 aliphatic carbocycles. The summed E-state index contributed by atoms with van der Waals surface area (Å²) >= 11 is 0. The molecule has 2 nitrogen and oxygen atoms in total. The van der Waals surface area contributed by atoms with Crippen molar-refractivity contribution in [2.45, 2.75) is 46.1 Å². The molecule has 0 bridgehead atoms. The van der Waals surface area contributed by atoms with E-state index in [9.17, 15) is 9.18 Å². The molecule has 0 fully saturated rings. The molecule has 0 spiro atoms. The van der Waals surface area contributed by atoms with Gasteiger partial charge >= 0.3 is 0 Å². The molecular formula is C17H26FNO. The monoisotopic (exact) mass is 279 g/mol. The molecule has 0 aliphatic heterocycles. The second kappa shape index (κ2) is 8.15. The van der Waals surface area contributed by atoms with E-state index in [4.69, 9.17) is 0 Å². The van der Waals surface area contributed by atoms with E-state index < -0.39 is 0 Å². The molecule has 20 heavy (non-hydrogen) atoms. The smallest absolute Gasteiger partial charge is 0.162 e. The molecule has 0 N–H and O–H groups in total. The summed E-state index contributed by atoms with van der Waals surface area (Å²) in [6.07, 6.45) is 2.53. The Balaban J connectivity index is 2.33. The number of hydrogen-bond acceptors (Lipinski definition) is 2. The molecule has 0 heterocycles. The van der Waals surface area contributed by atoms with E-state index in [1.54, 1.807) is 12.1 Å². The van der Waals surface area contributed by atoms with Crippen molar-refractivity contribution in [3.63, 3.8) is 0 Å². The quantitative estimate of drug-likeness (QED) is 0.666. The van der Waals surface area contributed by atoms with Crippen molar-refractivity contribution in [3.8, 4) is 0 Å². The summed E-state index contributed by atoms with van der Waals surface area (Å²) < 4.78 is 12.8. The minimum Gasteiger partial charge on any atom is -0.304 e. The number of carbonyl (C=O) groups is 1. The van der Waals surface area contributed by atoms with Gasteiger partial charge in [-0.15, -0.1) is 0 Å². The fourth-order valence-electron chi connectivity index (χ4n) is 2.35. The van der Waals surface area contributed by atoms with Gasteiger partial charge in [-0.1, -0.05) is 13.8 Å². The molecule has 0 saturated carbocycles. The first-order valence-electron chi connectivity index (χ1n) is 7.39. The van der Waals surface area contributed by atoms with E-state index in [2.05, 4.69) is 32.7 Å². The molecule has 0 aliphatic rings. The van der Waals surface area contributed by atoms with Gasteiger partial charge in [0, 0.05) is 18.0 Å². The third-order valence-corrected chi connectivity index (χ3v) is 3.65. The Hall–Kier alpha value is -1.22. The van der Waals surface area contributed by atoms with Gasteiger partial charge in [0.15, 0.2) is 5.78 Å². The predicted octanol–water partition coefficient (Wildman–Crippen LogP) is 4.16. The Kier molecular flexibility index (Phi) is 6.86. The molecular weight excluding hydrogens is 253 g/mol.